The number of thioether (sulfide) groups is 1. The minimum absolute atomic E-state index is 0.0492. The van der Waals surface area contributed by atoms with Gasteiger partial charge < -0.3 is 19.0 Å². The van der Waals surface area contributed by atoms with Crippen LogP contribution in [-0.4, -0.2) is 48.9 Å². The van der Waals surface area contributed by atoms with Gasteiger partial charge in [0.25, 0.3) is 5.22 Å². The molecular formula is C13H17NO4S. The van der Waals surface area contributed by atoms with Gasteiger partial charge in [-0.25, -0.2) is 4.98 Å². The molecule has 0 radical (unpaired) electrons. The number of ether oxygens (including phenoxy) is 2. The number of para-hydroxylation sites is 2. The Hall–Kier alpha value is -1.08. The number of oxazole rings is 1. The molecule has 5 nitrogen and oxygen atoms in total. The molecule has 19 heavy (non-hydrogen) atoms. The molecule has 1 N–H and O–H groups in total. The summed E-state index contributed by atoms with van der Waals surface area (Å²) in [5, 5.41) is 9.17. The number of hydrogen-bond acceptors (Lipinski definition) is 6. The molecule has 0 fully saturated rings. The van der Waals surface area contributed by atoms with Crippen molar-refractivity contribution < 1.29 is 19.0 Å². The molecule has 1 aromatic carbocycles. The average Bonchev–Trinajstić information content (AvgIpc) is 2.84. The van der Waals surface area contributed by atoms with Crippen LogP contribution in [0.15, 0.2) is 33.9 Å². The van der Waals surface area contributed by atoms with E-state index in [0.29, 0.717) is 31.7 Å². The average molecular weight is 283 g/mol. The molecule has 0 saturated carbocycles. The maximum absolute atomic E-state index is 8.51. The van der Waals surface area contributed by atoms with Crippen LogP contribution in [-0.2, 0) is 9.47 Å². The molecule has 0 amide bonds. The van der Waals surface area contributed by atoms with E-state index in [1.54, 1.807) is 0 Å². The van der Waals surface area contributed by atoms with Gasteiger partial charge in [-0.05, 0) is 12.1 Å². The molecular weight excluding hydrogens is 266 g/mol. The summed E-state index contributed by atoms with van der Waals surface area (Å²) in [6.45, 7) is 2.07. The molecule has 0 aliphatic carbocycles. The molecule has 2 rings (SSSR count). The molecule has 0 atom stereocenters. The summed E-state index contributed by atoms with van der Waals surface area (Å²) in [6.07, 6.45) is 0. The molecule has 104 valence electrons. The van der Waals surface area contributed by atoms with Crippen LogP contribution >= 0.6 is 11.8 Å². The first-order valence-electron chi connectivity index (χ1n) is 6.15. The molecule has 1 heterocycles. The number of hydrogen-bond donors (Lipinski definition) is 1. The predicted molar refractivity (Wildman–Crippen MR) is 73.5 cm³/mol. The molecule has 0 aliphatic heterocycles. The molecule has 6 heteroatoms. The van der Waals surface area contributed by atoms with Crippen molar-refractivity contribution in [2.75, 3.05) is 38.8 Å². The maximum Gasteiger partial charge on any atom is 0.256 e. The third-order valence-corrected chi connectivity index (χ3v) is 3.13. The topological polar surface area (TPSA) is 64.7 Å². The molecule has 0 bridgehead atoms. The molecule has 1 aromatic heterocycles. The van der Waals surface area contributed by atoms with Gasteiger partial charge in [-0.1, -0.05) is 23.9 Å². The Balaban J connectivity index is 1.60. The van der Waals surface area contributed by atoms with Gasteiger partial charge in [-0.15, -0.1) is 0 Å². The van der Waals surface area contributed by atoms with Crippen molar-refractivity contribution in [3.8, 4) is 0 Å². The van der Waals surface area contributed by atoms with Crippen molar-refractivity contribution in [2.45, 2.75) is 5.22 Å². The van der Waals surface area contributed by atoms with Crippen LogP contribution < -0.4 is 0 Å². The van der Waals surface area contributed by atoms with Gasteiger partial charge in [-0.2, -0.15) is 0 Å². The van der Waals surface area contributed by atoms with Gasteiger partial charge in [0.2, 0.25) is 0 Å². The van der Waals surface area contributed by atoms with Gasteiger partial charge in [0.1, 0.15) is 5.52 Å². The number of rotatable bonds is 9. The zero-order valence-electron chi connectivity index (χ0n) is 10.6. The fraction of sp³-hybridized carbons (Fsp3) is 0.462. The summed E-state index contributed by atoms with van der Waals surface area (Å²) in [6, 6.07) is 7.70. The highest BCUT2D eigenvalue weighted by Crippen LogP contribution is 2.22. The van der Waals surface area contributed by atoms with Crippen LogP contribution in [0, 0.1) is 0 Å². The highest BCUT2D eigenvalue weighted by molar-refractivity contribution is 7.99. The monoisotopic (exact) mass is 283 g/mol. The summed E-state index contributed by atoms with van der Waals surface area (Å²) in [5.41, 5.74) is 1.69. The zero-order valence-corrected chi connectivity index (χ0v) is 11.4. The Morgan fingerprint density at radius 2 is 1.89 bits per heavy atom. The Morgan fingerprint density at radius 3 is 2.68 bits per heavy atom. The van der Waals surface area contributed by atoms with E-state index >= 15 is 0 Å². The summed E-state index contributed by atoms with van der Waals surface area (Å²) in [7, 11) is 0. The minimum Gasteiger partial charge on any atom is -0.431 e. The fourth-order valence-electron chi connectivity index (χ4n) is 1.49. The quantitative estimate of drug-likeness (QED) is 0.560. The highest BCUT2D eigenvalue weighted by Gasteiger charge is 2.04. The third-order valence-electron chi connectivity index (χ3n) is 2.34. The van der Waals surface area contributed by atoms with Gasteiger partial charge in [0.05, 0.1) is 33.0 Å². The lowest BCUT2D eigenvalue weighted by Gasteiger charge is -2.03. The lowest BCUT2D eigenvalue weighted by Crippen LogP contribution is -2.08. The van der Waals surface area contributed by atoms with Gasteiger partial charge in [0, 0.05) is 5.75 Å². The first-order valence-corrected chi connectivity index (χ1v) is 7.13. The first-order chi connectivity index (χ1) is 9.40. The second-order valence-corrected chi connectivity index (χ2v) is 4.79. The first kappa shape index (κ1) is 14.3. The second kappa shape index (κ2) is 8.16. The van der Waals surface area contributed by atoms with Crippen molar-refractivity contribution in [1.82, 2.24) is 4.98 Å². The van der Waals surface area contributed by atoms with Crippen molar-refractivity contribution >= 4 is 22.9 Å². The summed E-state index contributed by atoms with van der Waals surface area (Å²) < 4.78 is 16.0. The van der Waals surface area contributed by atoms with Crippen molar-refractivity contribution in [3.63, 3.8) is 0 Å². The van der Waals surface area contributed by atoms with Gasteiger partial charge >= 0.3 is 0 Å². The number of nitrogens with zero attached hydrogens (tertiary/aromatic N) is 1. The number of aliphatic hydroxyl groups is 1. The van der Waals surface area contributed by atoms with Gasteiger partial charge in [-0.3, -0.25) is 0 Å². The Bertz CT molecular complexity index is 455. The van der Waals surface area contributed by atoms with Crippen LogP contribution in [0.1, 0.15) is 0 Å². The van der Waals surface area contributed by atoms with Gasteiger partial charge in [0.15, 0.2) is 5.58 Å². The third kappa shape index (κ3) is 4.83. The van der Waals surface area contributed by atoms with E-state index in [2.05, 4.69) is 4.98 Å². The Kier molecular flexibility index (Phi) is 6.16. The molecule has 0 unspecified atom stereocenters. The van der Waals surface area contributed by atoms with Crippen LogP contribution in [0.25, 0.3) is 11.1 Å². The number of fused-ring (bicyclic) bond motifs is 1. The lowest BCUT2D eigenvalue weighted by atomic mass is 10.3. The summed E-state index contributed by atoms with van der Waals surface area (Å²) in [4.78, 5) is 4.36. The van der Waals surface area contributed by atoms with Crippen LogP contribution in [0.5, 0.6) is 0 Å². The van der Waals surface area contributed by atoms with E-state index in [4.69, 9.17) is 19.0 Å². The highest BCUT2D eigenvalue weighted by atomic mass is 32.2. The van der Waals surface area contributed by atoms with E-state index < -0.39 is 0 Å². The smallest absolute Gasteiger partial charge is 0.256 e. The van der Waals surface area contributed by atoms with Crippen LogP contribution in [0.4, 0.5) is 0 Å². The molecule has 0 saturated heterocycles. The van der Waals surface area contributed by atoms with E-state index in [9.17, 15) is 0 Å². The van der Waals surface area contributed by atoms with Crippen molar-refractivity contribution in [3.05, 3.63) is 24.3 Å². The minimum atomic E-state index is 0.0492. The van der Waals surface area contributed by atoms with E-state index in [-0.39, 0.29) is 6.61 Å². The van der Waals surface area contributed by atoms with Crippen LogP contribution in [0.3, 0.4) is 0 Å². The number of aromatic nitrogens is 1. The van der Waals surface area contributed by atoms with E-state index in [1.165, 1.54) is 11.8 Å². The number of benzene rings is 1. The normalized spacial score (nSPS) is 11.2. The van der Waals surface area contributed by atoms with Crippen LogP contribution in [0.2, 0.25) is 0 Å². The Morgan fingerprint density at radius 1 is 1.11 bits per heavy atom. The second-order valence-electron chi connectivity index (χ2n) is 3.74. The largest absolute Gasteiger partial charge is 0.431 e. The molecule has 2 aromatic rings. The summed E-state index contributed by atoms with van der Waals surface area (Å²) >= 11 is 1.53. The predicted octanol–water partition coefficient (Wildman–Crippen LogP) is 1.95. The zero-order chi connectivity index (χ0) is 13.3. The van der Waals surface area contributed by atoms with Crippen molar-refractivity contribution in [2.24, 2.45) is 0 Å². The van der Waals surface area contributed by atoms with E-state index in [1.807, 2.05) is 24.3 Å². The summed E-state index contributed by atoms with van der Waals surface area (Å²) in [5.74, 6) is 0.785. The lowest BCUT2D eigenvalue weighted by molar-refractivity contribution is 0.0377. The Labute approximate surface area is 115 Å². The maximum atomic E-state index is 8.51. The van der Waals surface area contributed by atoms with Crippen molar-refractivity contribution in [1.29, 1.82) is 0 Å². The SMILES string of the molecule is OCCOCCOCCSc1nc2ccccc2o1. The standard InChI is InChI=1S/C13H17NO4S/c15-5-6-16-7-8-17-9-10-19-13-14-11-3-1-2-4-12(11)18-13/h1-4,15H,5-10H2. The number of aliphatic hydroxyl groups excluding tert-OH is 1. The molecule has 0 aliphatic rings. The fourth-order valence-corrected chi connectivity index (χ4v) is 2.17. The van der Waals surface area contributed by atoms with E-state index in [0.717, 1.165) is 16.9 Å². The molecule has 0 spiro atoms.